The van der Waals surface area contributed by atoms with Gasteiger partial charge in [-0.15, -0.1) is 0 Å². The second-order valence-electron chi connectivity index (χ2n) is 5.87. The molecule has 1 aliphatic heterocycles. The Labute approximate surface area is 111 Å². The Balaban J connectivity index is 2.09. The Morgan fingerprint density at radius 2 is 1.83 bits per heavy atom. The number of nitrogens with zero attached hydrogens (tertiary/aromatic N) is 1. The lowest BCUT2D eigenvalue weighted by molar-refractivity contribution is 0.137. The highest BCUT2D eigenvalue weighted by atomic mass is 15.2. The molecule has 0 spiro atoms. The summed E-state index contributed by atoms with van der Waals surface area (Å²) in [7, 11) is 0. The van der Waals surface area contributed by atoms with Crippen molar-refractivity contribution in [2.24, 2.45) is 11.7 Å². The van der Waals surface area contributed by atoms with Gasteiger partial charge in [-0.05, 0) is 37.8 Å². The second kappa shape index (κ2) is 5.85. The lowest BCUT2D eigenvalue weighted by Gasteiger charge is -2.36. The van der Waals surface area contributed by atoms with Crippen LogP contribution in [0, 0.1) is 5.92 Å². The topological polar surface area (TPSA) is 29.3 Å². The average Bonchev–Trinajstić information content (AvgIpc) is 2.87. The van der Waals surface area contributed by atoms with E-state index in [1.54, 1.807) is 0 Å². The molecule has 0 aromatic heterocycles. The molecule has 0 amide bonds. The minimum Gasteiger partial charge on any atom is -0.323 e. The molecule has 0 aliphatic carbocycles. The van der Waals surface area contributed by atoms with Crippen LogP contribution >= 0.6 is 0 Å². The van der Waals surface area contributed by atoms with Crippen molar-refractivity contribution in [3.8, 4) is 0 Å². The van der Waals surface area contributed by atoms with Crippen LogP contribution in [0.2, 0.25) is 0 Å². The fraction of sp³-hybridized carbons (Fsp3) is 0.625. The highest BCUT2D eigenvalue weighted by Gasteiger charge is 2.33. The van der Waals surface area contributed by atoms with Gasteiger partial charge in [-0.2, -0.15) is 0 Å². The van der Waals surface area contributed by atoms with E-state index in [1.165, 1.54) is 24.9 Å². The van der Waals surface area contributed by atoms with Crippen molar-refractivity contribution in [3.63, 3.8) is 0 Å². The molecular formula is C16H26N2. The third-order valence-electron chi connectivity index (χ3n) is 4.34. The van der Waals surface area contributed by atoms with Gasteiger partial charge in [-0.3, -0.25) is 4.90 Å². The van der Waals surface area contributed by atoms with E-state index in [1.807, 2.05) is 6.07 Å². The standard InChI is InChI=1S/C16H26N2/c1-12(2)15-10-7-11-18(15)13(3)16(17)14-8-5-4-6-9-14/h4-6,8-9,12-13,15-16H,7,10-11,17H2,1-3H3. The van der Waals surface area contributed by atoms with Crippen LogP contribution in [0.15, 0.2) is 30.3 Å². The number of hydrogen-bond donors (Lipinski definition) is 1. The predicted octanol–water partition coefficient (Wildman–Crippen LogP) is 3.20. The van der Waals surface area contributed by atoms with Crippen LogP contribution in [0.1, 0.15) is 45.2 Å². The summed E-state index contributed by atoms with van der Waals surface area (Å²) >= 11 is 0. The molecule has 100 valence electrons. The SMILES string of the molecule is CC(C)C1CCCN1C(C)C(N)c1ccccc1. The van der Waals surface area contributed by atoms with E-state index in [9.17, 15) is 0 Å². The van der Waals surface area contributed by atoms with Gasteiger partial charge in [-0.1, -0.05) is 44.2 Å². The van der Waals surface area contributed by atoms with E-state index < -0.39 is 0 Å². The van der Waals surface area contributed by atoms with Crippen LogP contribution in [0.4, 0.5) is 0 Å². The van der Waals surface area contributed by atoms with E-state index in [0.29, 0.717) is 12.1 Å². The third kappa shape index (κ3) is 2.76. The maximum Gasteiger partial charge on any atom is 0.0450 e. The van der Waals surface area contributed by atoms with Gasteiger partial charge in [0, 0.05) is 18.1 Å². The van der Waals surface area contributed by atoms with Gasteiger partial charge in [0.25, 0.3) is 0 Å². The number of likely N-dealkylation sites (tertiary alicyclic amines) is 1. The van der Waals surface area contributed by atoms with Gasteiger partial charge < -0.3 is 5.73 Å². The molecule has 0 radical (unpaired) electrons. The van der Waals surface area contributed by atoms with Gasteiger partial charge in [0.15, 0.2) is 0 Å². The zero-order valence-corrected chi connectivity index (χ0v) is 11.8. The molecule has 2 heteroatoms. The van der Waals surface area contributed by atoms with E-state index in [0.717, 1.165) is 5.92 Å². The molecule has 1 aromatic rings. The molecule has 1 aromatic carbocycles. The Bertz CT molecular complexity index is 361. The van der Waals surface area contributed by atoms with E-state index in [2.05, 4.69) is 49.9 Å². The fourth-order valence-electron chi connectivity index (χ4n) is 3.20. The molecule has 3 atom stereocenters. The summed E-state index contributed by atoms with van der Waals surface area (Å²) in [5, 5.41) is 0. The number of benzene rings is 1. The first kappa shape index (κ1) is 13.6. The van der Waals surface area contributed by atoms with Crippen LogP contribution in [0.25, 0.3) is 0 Å². The number of nitrogens with two attached hydrogens (primary N) is 1. The third-order valence-corrected chi connectivity index (χ3v) is 4.34. The molecule has 1 heterocycles. The largest absolute Gasteiger partial charge is 0.323 e. The van der Waals surface area contributed by atoms with Crippen molar-refractivity contribution in [2.45, 2.75) is 51.7 Å². The van der Waals surface area contributed by atoms with Crippen molar-refractivity contribution >= 4 is 0 Å². The summed E-state index contributed by atoms with van der Waals surface area (Å²) in [5.41, 5.74) is 7.69. The first-order valence-electron chi connectivity index (χ1n) is 7.17. The zero-order valence-electron chi connectivity index (χ0n) is 11.8. The predicted molar refractivity (Wildman–Crippen MR) is 77.4 cm³/mol. The fourth-order valence-corrected chi connectivity index (χ4v) is 3.20. The van der Waals surface area contributed by atoms with Crippen molar-refractivity contribution in [1.82, 2.24) is 4.90 Å². The molecule has 0 bridgehead atoms. The van der Waals surface area contributed by atoms with Crippen molar-refractivity contribution in [2.75, 3.05) is 6.54 Å². The molecule has 1 aliphatic rings. The van der Waals surface area contributed by atoms with Crippen LogP contribution < -0.4 is 5.73 Å². The van der Waals surface area contributed by atoms with Gasteiger partial charge in [0.1, 0.15) is 0 Å². The Hall–Kier alpha value is -0.860. The molecular weight excluding hydrogens is 220 g/mol. The van der Waals surface area contributed by atoms with Crippen molar-refractivity contribution in [3.05, 3.63) is 35.9 Å². The lowest BCUT2D eigenvalue weighted by Crippen LogP contribution is -2.45. The highest BCUT2D eigenvalue weighted by molar-refractivity contribution is 5.20. The maximum absolute atomic E-state index is 6.44. The zero-order chi connectivity index (χ0) is 13.1. The molecule has 18 heavy (non-hydrogen) atoms. The number of hydrogen-bond acceptors (Lipinski definition) is 2. The Morgan fingerprint density at radius 3 is 2.44 bits per heavy atom. The average molecular weight is 246 g/mol. The van der Waals surface area contributed by atoms with Crippen molar-refractivity contribution < 1.29 is 0 Å². The summed E-state index contributed by atoms with van der Waals surface area (Å²) in [5.74, 6) is 0.720. The quantitative estimate of drug-likeness (QED) is 0.884. The molecule has 1 fully saturated rings. The lowest BCUT2D eigenvalue weighted by atomic mass is 9.96. The first-order valence-corrected chi connectivity index (χ1v) is 7.17. The molecule has 3 unspecified atom stereocenters. The summed E-state index contributed by atoms with van der Waals surface area (Å²) in [6.45, 7) is 8.12. The molecule has 2 nitrogen and oxygen atoms in total. The minimum atomic E-state index is 0.116. The summed E-state index contributed by atoms with van der Waals surface area (Å²) in [6.07, 6.45) is 2.64. The molecule has 2 N–H and O–H groups in total. The van der Waals surface area contributed by atoms with Crippen LogP contribution in [0.5, 0.6) is 0 Å². The van der Waals surface area contributed by atoms with Gasteiger partial charge in [0.2, 0.25) is 0 Å². The van der Waals surface area contributed by atoms with Crippen LogP contribution in [0.3, 0.4) is 0 Å². The van der Waals surface area contributed by atoms with Gasteiger partial charge >= 0.3 is 0 Å². The monoisotopic (exact) mass is 246 g/mol. The molecule has 2 rings (SSSR count). The Kier molecular flexibility index (Phi) is 4.41. The van der Waals surface area contributed by atoms with Crippen LogP contribution in [-0.4, -0.2) is 23.5 Å². The van der Waals surface area contributed by atoms with Crippen LogP contribution in [-0.2, 0) is 0 Å². The second-order valence-corrected chi connectivity index (χ2v) is 5.87. The van der Waals surface area contributed by atoms with E-state index in [4.69, 9.17) is 5.73 Å². The number of rotatable bonds is 4. The normalized spacial score (nSPS) is 24.4. The van der Waals surface area contributed by atoms with Gasteiger partial charge in [0.05, 0.1) is 0 Å². The maximum atomic E-state index is 6.44. The minimum absolute atomic E-state index is 0.116. The molecule has 0 saturated carbocycles. The first-order chi connectivity index (χ1) is 8.61. The molecule has 1 saturated heterocycles. The van der Waals surface area contributed by atoms with E-state index in [-0.39, 0.29) is 6.04 Å². The van der Waals surface area contributed by atoms with E-state index >= 15 is 0 Å². The van der Waals surface area contributed by atoms with Gasteiger partial charge in [-0.25, -0.2) is 0 Å². The summed E-state index contributed by atoms with van der Waals surface area (Å²) in [4.78, 5) is 2.61. The summed E-state index contributed by atoms with van der Waals surface area (Å²) < 4.78 is 0. The smallest absolute Gasteiger partial charge is 0.0450 e. The summed E-state index contributed by atoms with van der Waals surface area (Å²) in [6, 6.07) is 11.7. The van der Waals surface area contributed by atoms with Crippen molar-refractivity contribution in [1.29, 1.82) is 0 Å². The highest BCUT2D eigenvalue weighted by Crippen LogP contribution is 2.29. The Morgan fingerprint density at radius 1 is 1.17 bits per heavy atom.